The van der Waals surface area contributed by atoms with Crippen LogP contribution in [0.2, 0.25) is 0 Å². The Morgan fingerprint density at radius 1 is 0.691 bits per heavy atom. The lowest BCUT2D eigenvalue weighted by molar-refractivity contribution is -0.141. The van der Waals surface area contributed by atoms with Gasteiger partial charge in [0.1, 0.15) is 36.3 Å². The van der Waals surface area contributed by atoms with E-state index < -0.39 is 96.0 Å². The number of aliphatic carboxylic acids is 1. The molecule has 10 N–H and O–H groups in total. The molecule has 1 aliphatic rings. The maximum atomic E-state index is 13.4. The van der Waals surface area contributed by atoms with Gasteiger partial charge >= 0.3 is 5.97 Å². The summed E-state index contributed by atoms with van der Waals surface area (Å²) in [4.78, 5) is 112. The Bertz CT molecular complexity index is 1580. The molecule has 6 atom stereocenters. The number of amides is 8. The van der Waals surface area contributed by atoms with Crippen LogP contribution < -0.4 is 43.0 Å². The summed E-state index contributed by atoms with van der Waals surface area (Å²) in [6.45, 7) is 7.02. The lowest BCUT2D eigenvalue weighted by atomic mass is 9.83. The van der Waals surface area contributed by atoms with Gasteiger partial charge in [0.15, 0.2) is 0 Å². The van der Waals surface area contributed by atoms with Crippen LogP contribution in [-0.2, 0) is 49.6 Å². The van der Waals surface area contributed by atoms with Crippen LogP contribution in [0.1, 0.15) is 72.3 Å². The molecule has 0 unspecified atom stereocenters. The molecule has 0 bridgehead atoms. The van der Waals surface area contributed by atoms with Crippen molar-refractivity contribution in [2.75, 3.05) is 6.54 Å². The smallest absolute Gasteiger partial charge is 0.326 e. The van der Waals surface area contributed by atoms with Crippen molar-refractivity contribution in [2.45, 2.75) is 109 Å². The van der Waals surface area contributed by atoms with Gasteiger partial charge in [-0.25, -0.2) is 4.79 Å². The zero-order valence-electron chi connectivity index (χ0n) is 31.8. The summed E-state index contributed by atoms with van der Waals surface area (Å²) in [5, 5.41) is 26.7. The second-order valence-corrected chi connectivity index (χ2v) is 13.9. The molecular weight excluding hydrogens is 716 g/mol. The van der Waals surface area contributed by atoms with Gasteiger partial charge < -0.3 is 48.1 Å². The molecule has 18 nitrogen and oxygen atoms in total. The van der Waals surface area contributed by atoms with Crippen LogP contribution in [-0.4, -0.2) is 101 Å². The van der Waals surface area contributed by atoms with E-state index in [0.717, 1.165) is 31.4 Å². The predicted octanol–water partition coefficient (Wildman–Crippen LogP) is -1.32. The number of carboxylic acid groups (broad SMARTS) is 1. The molecule has 0 saturated heterocycles. The van der Waals surface area contributed by atoms with Crippen LogP contribution in [0.15, 0.2) is 42.5 Å². The first-order valence-electron chi connectivity index (χ1n) is 18.2. The van der Waals surface area contributed by atoms with Gasteiger partial charge in [0.25, 0.3) is 0 Å². The van der Waals surface area contributed by atoms with E-state index in [0.29, 0.717) is 18.4 Å². The summed E-state index contributed by atoms with van der Waals surface area (Å²) in [6.07, 6.45) is 5.67. The fraction of sp³-hybridized carbons (Fsp3) is 0.541. The maximum absolute atomic E-state index is 13.4. The largest absolute Gasteiger partial charge is 0.480 e. The van der Waals surface area contributed by atoms with Crippen LogP contribution in [0.3, 0.4) is 0 Å². The number of carboxylic acids is 1. The molecule has 0 heterocycles. The molecule has 2 rings (SSSR count). The van der Waals surface area contributed by atoms with Gasteiger partial charge in [-0.1, -0.05) is 63.4 Å². The number of primary amides is 1. The first kappa shape index (κ1) is 45.3. The maximum Gasteiger partial charge on any atom is 0.326 e. The van der Waals surface area contributed by atoms with Gasteiger partial charge in [-0.2, -0.15) is 0 Å². The van der Waals surface area contributed by atoms with Gasteiger partial charge in [-0.05, 0) is 51.0 Å². The molecule has 1 fully saturated rings. The molecule has 1 aromatic rings. The molecule has 0 spiro atoms. The lowest BCUT2D eigenvalue weighted by Crippen LogP contribution is -2.59. The van der Waals surface area contributed by atoms with Crippen molar-refractivity contribution in [3.05, 3.63) is 48.0 Å². The Labute approximate surface area is 319 Å². The second-order valence-electron chi connectivity index (χ2n) is 13.9. The Hall–Kier alpha value is -5.81. The summed E-state index contributed by atoms with van der Waals surface area (Å²) < 4.78 is 0. The highest BCUT2D eigenvalue weighted by Crippen LogP contribution is 2.27. The molecular formula is C37H54N8O10. The summed E-state index contributed by atoms with van der Waals surface area (Å²) in [5.41, 5.74) is 6.08. The zero-order valence-corrected chi connectivity index (χ0v) is 31.8. The number of nitrogens with one attached hydrogen (secondary N) is 7. The minimum absolute atomic E-state index is 0.0330. The fourth-order valence-corrected chi connectivity index (χ4v) is 5.78. The van der Waals surface area contributed by atoms with Crippen molar-refractivity contribution >= 4 is 53.2 Å². The molecule has 55 heavy (non-hydrogen) atoms. The first-order chi connectivity index (χ1) is 25.9. The highest BCUT2D eigenvalue weighted by molar-refractivity contribution is 6.00. The third-order valence-electron chi connectivity index (χ3n) is 8.95. The first-order valence-corrected chi connectivity index (χ1v) is 18.2. The van der Waals surface area contributed by atoms with Gasteiger partial charge in [0.2, 0.25) is 47.3 Å². The van der Waals surface area contributed by atoms with E-state index in [1.165, 1.54) is 20.8 Å². The molecule has 1 aromatic carbocycles. The van der Waals surface area contributed by atoms with E-state index in [2.05, 4.69) is 37.2 Å². The molecule has 302 valence electrons. The number of carbonyl (C=O) groups excluding carboxylic acids is 8. The number of hydrogen-bond donors (Lipinski definition) is 9. The number of hydrogen-bond acceptors (Lipinski definition) is 9. The normalized spacial score (nSPS) is 16.3. The number of carbonyl (C=O) groups is 9. The third-order valence-corrected chi connectivity index (χ3v) is 8.95. The van der Waals surface area contributed by atoms with E-state index in [4.69, 9.17) is 5.73 Å². The minimum Gasteiger partial charge on any atom is -0.480 e. The lowest BCUT2D eigenvalue weighted by Gasteiger charge is -2.31. The summed E-state index contributed by atoms with van der Waals surface area (Å²) >= 11 is 0. The van der Waals surface area contributed by atoms with E-state index in [1.54, 1.807) is 44.2 Å². The molecule has 18 heteroatoms. The van der Waals surface area contributed by atoms with Crippen LogP contribution in [0.25, 0.3) is 0 Å². The summed E-state index contributed by atoms with van der Waals surface area (Å²) in [5.74, 6) is -7.57. The van der Waals surface area contributed by atoms with Gasteiger partial charge in [-0.3, -0.25) is 38.4 Å². The van der Waals surface area contributed by atoms with Crippen molar-refractivity contribution < 1.29 is 48.3 Å². The highest BCUT2D eigenvalue weighted by Gasteiger charge is 2.34. The van der Waals surface area contributed by atoms with Crippen LogP contribution >= 0.6 is 0 Å². The Morgan fingerprint density at radius 3 is 1.75 bits per heavy atom. The molecule has 0 aliphatic heterocycles. The molecule has 1 saturated carbocycles. The van der Waals surface area contributed by atoms with E-state index in [-0.39, 0.29) is 18.3 Å². The van der Waals surface area contributed by atoms with Crippen molar-refractivity contribution in [3.8, 4) is 0 Å². The molecule has 8 amide bonds. The highest BCUT2D eigenvalue weighted by atomic mass is 16.4. The predicted molar refractivity (Wildman–Crippen MR) is 199 cm³/mol. The van der Waals surface area contributed by atoms with Crippen LogP contribution in [0.4, 0.5) is 0 Å². The SMILES string of the molecule is CC(C)[C@H](NC(=O)[C@H](C)NC(=O)[C@@H](NC(=O)[C@H](C)NC(=O)/C=C/C(=O)N[C@@H](C)C(=O)NCC(=O)N[C@@H](Cc1ccccc1)C(=O)O)C1CCCCC1)C(N)=O. The molecule has 1 aliphatic carbocycles. The Morgan fingerprint density at radius 2 is 1.22 bits per heavy atom. The quantitative estimate of drug-likeness (QED) is 0.0705. The zero-order chi connectivity index (χ0) is 41.2. The molecule has 0 radical (unpaired) electrons. The second kappa shape index (κ2) is 22.4. The Kier molecular flexibility index (Phi) is 18.5. The van der Waals surface area contributed by atoms with Crippen molar-refractivity contribution in [1.82, 2.24) is 37.2 Å². The average molecular weight is 771 g/mol. The van der Waals surface area contributed by atoms with Crippen molar-refractivity contribution in [1.29, 1.82) is 0 Å². The van der Waals surface area contributed by atoms with Crippen LogP contribution in [0.5, 0.6) is 0 Å². The van der Waals surface area contributed by atoms with Gasteiger partial charge in [0.05, 0.1) is 6.54 Å². The third kappa shape index (κ3) is 16.0. The molecule has 0 aromatic heterocycles. The van der Waals surface area contributed by atoms with Crippen molar-refractivity contribution in [3.63, 3.8) is 0 Å². The van der Waals surface area contributed by atoms with Crippen molar-refractivity contribution in [2.24, 2.45) is 17.6 Å². The van der Waals surface area contributed by atoms with E-state index in [9.17, 15) is 48.3 Å². The van der Waals surface area contributed by atoms with E-state index in [1.807, 2.05) is 0 Å². The van der Waals surface area contributed by atoms with Crippen LogP contribution in [0, 0.1) is 11.8 Å². The van der Waals surface area contributed by atoms with E-state index >= 15 is 0 Å². The number of benzene rings is 1. The standard InChI is InChI=1S/C37H54N8O10/c1-20(2)30(32(38)49)44-35(52)23(5)42-36(53)31(25-14-10-7-11-15-25)45-34(51)22(4)41-28(47)17-16-27(46)40-21(3)33(50)39-19-29(48)43-26(37(54)55)18-24-12-8-6-9-13-24/h6,8-9,12-13,16-17,20-23,25-26,30-31H,7,10-11,14-15,18-19H2,1-5H3,(H2,38,49)(H,39,50)(H,40,46)(H,41,47)(H,42,53)(H,43,48)(H,44,52)(H,45,51)(H,54,55)/b17-16+/t21-,22-,23-,26-,30-,31-/m0/s1. The fourth-order valence-electron chi connectivity index (χ4n) is 5.78. The number of nitrogens with two attached hydrogens (primary N) is 1. The summed E-state index contributed by atoms with van der Waals surface area (Å²) in [6, 6.07) is 2.13. The van der Waals surface area contributed by atoms with Gasteiger partial charge in [0, 0.05) is 18.6 Å². The monoisotopic (exact) mass is 770 g/mol. The topological polar surface area (TPSA) is 284 Å². The summed E-state index contributed by atoms with van der Waals surface area (Å²) in [7, 11) is 0. The number of rotatable bonds is 20. The average Bonchev–Trinajstić information content (AvgIpc) is 3.13. The minimum atomic E-state index is -1.25. The Balaban J connectivity index is 1.88. The van der Waals surface area contributed by atoms with Gasteiger partial charge in [-0.15, -0.1) is 0 Å².